The number of ether oxygens (including phenoxy) is 1. The van der Waals surface area contributed by atoms with Crippen LogP contribution in [0.5, 0.6) is 5.75 Å². The fraction of sp³-hybridized carbons (Fsp3) is 0.0417. The van der Waals surface area contributed by atoms with Crippen LogP contribution in [0.15, 0.2) is 99.1 Å². The molecular formula is C24H17Cl2NO3S. The first-order chi connectivity index (χ1) is 15.1. The van der Waals surface area contributed by atoms with Crippen LogP contribution in [0.4, 0.5) is 5.69 Å². The number of nitrogens with one attached hydrogen (secondary N) is 1. The van der Waals surface area contributed by atoms with Crippen LogP contribution in [0.3, 0.4) is 0 Å². The summed E-state index contributed by atoms with van der Waals surface area (Å²) in [6.07, 6.45) is 0. The molecule has 31 heavy (non-hydrogen) atoms. The highest BCUT2D eigenvalue weighted by molar-refractivity contribution is 7.99. The summed E-state index contributed by atoms with van der Waals surface area (Å²) >= 11 is 13.6. The molecule has 1 heterocycles. The highest BCUT2D eigenvalue weighted by Gasteiger charge is 2.14. The number of benzene rings is 3. The van der Waals surface area contributed by atoms with Crippen molar-refractivity contribution in [3.8, 4) is 5.75 Å². The molecule has 7 heteroatoms. The van der Waals surface area contributed by atoms with Crippen LogP contribution in [-0.4, -0.2) is 5.91 Å². The quantitative estimate of drug-likeness (QED) is 0.303. The predicted octanol–water partition coefficient (Wildman–Crippen LogP) is 7.57. The average Bonchev–Trinajstić information content (AvgIpc) is 3.24. The number of hydrogen-bond donors (Lipinski definition) is 1. The zero-order chi connectivity index (χ0) is 21.6. The van der Waals surface area contributed by atoms with Crippen molar-refractivity contribution in [1.29, 1.82) is 0 Å². The topological polar surface area (TPSA) is 51.5 Å². The summed E-state index contributed by atoms with van der Waals surface area (Å²) < 4.78 is 11.3. The Morgan fingerprint density at radius 2 is 1.71 bits per heavy atom. The van der Waals surface area contributed by atoms with E-state index >= 15 is 0 Å². The monoisotopic (exact) mass is 469 g/mol. The summed E-state index contributed by atoms with van der Waals surface area (Å²) in [7, 11) is 0. The number of carbonyl (C=O) groups excluding carboxylic acids is 1. The Kier molecular flexibility index (Phi) is 6.87. The molecule has 4 nitrogen and oxygen atoms in total. The Labute approximate surface area is 194 Å². The van der Waals surface area contributed by atoms with Crippen molar-refractivity contribution >= 4 is 46.6 Å². The smallest absolute Gasteiger partial charge is 0.291 e. The molecule has 156 valence electrons. The SMILES string of the molecule is O=C(Nc1ccccc1Sc1ccccc1)c1ccc(COc2ccc(Cl)cc2Cl)o1. The Bertz CT molecular complexity index is 1190. The summed E-state index contributed by atoms with van der Waals surface area (Å²) in [6, 6.07) is 25.9. The molecular weight excluding hydrogens is 453 g/mol. The molecule has 0 aliphatic heterocycles. The van der Waals surface area contributed by atoms with Crippen molar-refractivity contribution in [2.24, 2.45) is 0 Å². The first kappa shape index (κ1) is 21.4. The van der Waals surface area contributed by atoms with Crippen molar-refractivity contribution in [1.82, 2.24) is 0 Å². The van der Waals surface area contributed by atoms with E-state index in [1.54, 1.807) is 42.1 Å². The maximum Gasteiger partial charge on any atom is 0.291 e. The fourth-order valence-electron chi connectivity index (χ4n) is 2.78. The molecule has 0 aliphatic carbocycles. The maximum atomic E-state index is 12.7. The molecule has 1 N–H and O–H groups in total. The third-order valence-electron chi connectivity index (χ3n) is 4.26. The third kappa shape index (κ3) is 5.64. The number of amides is 1. The van der Waals surface area contributed by atoms with Gasteiger partial charge in [-0.15, -0.1) is 0 Å². The van der Waals surface area contributed by atoms with Crippen LogP contribution >= 0.6 is 35.0 Å². The first-order valence-corrected chi connectivity index (χ1v) is 11.0. The van der Waals surface area contributed by atoms with Gasteiger partial charge < -0.3 is 14.5 Å². The van der Waals surface area contributed by atoms with Gasteiger partial charge in [0.15, 0.2) is 5.76 Å². The fourth-order valence-corrected chi connectivity index (χ4v) is 4.16. The lowest BCUT2D eigenvalue weighted by Gasteiger charge is -2.10. The number of rotatable bonds is 7. The molecule has 0 saturated heterocycles. The van der Waals surface area contributed by atoms with Gasteiger partial charge in [-0.1, -0.05) is 65.3 Å². The standard InChI is InChI=1S/C24H17Cl2NO3S/c25-16-10-12-21(19(26)14-16)29-15-17-11-13-22(30-17)24(28)27-20-8-4-5-9-23(20)31-18-6-2-1-3-7-18/h1-14H,15H2,(H,27,28). The zero-order valence-electron chi connectivity index (χ0n) is 16.2. The summed E-state index contributed by atoms with van der Waals surface area (Å²) in [5, 5.41) is 3.85. The van der Waals surface area contributed by atoms with Crippen LogP contribution < -0.4 is 10.1 Å². The Morgan fingerprint density at radius 1 is 0.935 bits per heavy atom. The van der Waals surface area contributed by atoms with E-state index < -0.39 is 0 Å². The van der Waals surface area contributed by atoms with E-state index in [1.807, 2.05) is 54.6 Å². The van der Waals surface area contributed by atoms with Gasteiger partial charge in [-0.25, -0.2) is 0 Å². The molecule has 3 aromatic carbocycles. The zero-order valence-corrected chi connectivity index (χ0v) is 18.5. The molecule has 0 spiro atoms. The van der Waals surface area contributed by atoms with Crippen LogP contribution in [0, 0.1) is 0 Å². The van der Waals surface area contributed by atoms with Gasteiger partial charge >= 0.3 is 0 Å². The molecule has 1 amide bonds. The number of hydrogen-bond acceptors (Lipinski definition) is 4. The van der Waals surface area contributed by atoms with Crippen molar-refractivity contribution in [2.75, 3.05) is 5.32 Å². The summed E-state index contributed by atoms with van der Waals surface area (Å²) in [5.74, 6) is 0.848. The molecule has 0 aliphatic rings. The minimum atomic E-state index is -0.336. The third-order valence-corrected chi connectivity index (χ3v) is 5.87. The van der Waals surface area contributed by atoms with Crippen LogP contribution in [0.2, 0.25) is 10.0 Å². The summed E-state index contributed by atoms with van der Waals surface area (Å²) in [4.78, 5) is 14.7. The van der Waals surface area contributed by atoms with E-state index in [0.717, 1.165) is 9.79 Å². The minimum absolute atomic E-state index is 0.134. The Balaban J connectivity index is 1.41. The van der Waals surface area contributed by atoms with Gasteiger partial charge in [0, 0.05) is 14.8 Å². The average molecular weight is 470 g/mol. The van der Waals surface area contributed by atoms with E-state index in [2.05, 4.69) is 5.32 Å². The molecule has 0 fully saturated rings. The van der Waals surface area contributed by atoms with E-state index in [0.29, 0.717) is 27.2 Å². The van der Waals surface area contributed by atoms with Gasteiger partial charge in [0.05, 0.1) is 10.7 Å². The van der Waals surface area contributed by atoms with E-state index in [-0.39, 0.29) is 18.3 Å². The van der Waals surface area contributed by atoms with Crippen LogP contribution in [-0.2, 0) is 6.61 Å². The van der Waals surface area contributed by atoms with Crippen LogP contribution in [0.1, 0.15) is 16.3 Å². The van der Waals surface area contributed by atoms with Crippen molar-refractivity contribution in [3.05, 3.63) is 106 Å². The van der Waals surface area contributed by atoms with Gasteiger partial charge in [-0.05, 0) is 54.6 Å². The molecule has 0 unspecified atom stereocenters. The maximum absolute atomic E-state index is 12.7. The highest BCUT2D eigenvalue weighted by Crippen LogP contribution is 2.33. The lowest BCUT2D eigenvalue weighted by molar-refractivity contribution is 0.0992. The second-order valence-electron chi connectivity index (χ2n) is 6.49. The van der Waals surface area contributed by atoms with E-state index in [4.69, 9.17) is 32.4 Å². The van der Waals surface area contributed by atoms with Gasteiger partial charge in [-0.3, -0.25) is 4.79 Å². The highest BCUT2D eigenvalue weighted by atomic mass is 35.5. The first-order valence-electron chi connectivity index (χ1n) is 9.38. The summed E-state index contributed by atoms with van der Waals surface area (Å²) in [5.41, 5.74) is 0.712. The largest absolute Gasteiger partial charge is 0.484 e. The lowest BCUT2D eigenvalue weighted by Crippen LogP contribution is -2.11. The lowest BCUT2D eigenvalue weighted by atomic mass is 10.3. The predicted molar refractivity (Wildman–Crippen MR) is 124 cm³/mol. The van der Waals surface area contributed by atoms with Crippen molar-refractivity contribution in [3.63, 3.8) is 0 Å². The Hall–Kier alpha value is -2.86. The second-order valence-corrected chi connectivity index (χ2v) is 8.45. The van der Waals surface area contributed by atoms with Gasteiger partial charge in [-0.2, -0.15) is 0 Å². The molecule has 0 saturated carbocycles. The van der Waals surface area contributed by atoms with Gasteiger partial charge in [0.2, 0.25) is 0 Å². The molecule has 1 aromatic heterocycles. The number of carbonyl (C=O) groups is 1. The molecule has 0 bridgehead atoms. The Morgan fingerprint density at radius 3 is 2.52 bits per heavy atom. The van der Waals surface area contributed by atoms with Gasteiger partial charge in [0.25, 0.3) is 5.91 Å². The molecule has 4 aromatic rings. The molecule has 4 rings (SSSR count). The van der Waals surface area contributed by atoms with Crippen LogP contribution in [0.25, 0.3) is 0 Å². The number of halogens is 2. The second kappa shape index (κ2) is 9.96. The molecule has 0 radical (unpaired) electrons. The van der Waals surface area contributed by atoms with E-state index in [9.17, 15) is 4.79 Å². The minimum Gasteiger partial charge on any atom is -0.484 e. The van der Waals surface area contributed by atoms with Gasteiger partial charge in [0.1, 0.15) is 18.1 Å². The number of anilines is 1. The normalized spacial score (nSPS) is 10.6. The molecule has 0 atom stereocenters. The van der Waals surface area contributed by atoms with E-state index in [1.165, 1.54) is 0 Å². The number of para-hydroxylation sites is 1. The number of furan rings is 1. The van der Waals surface area contributed by atoms with Crippen molar-refractivity contribution < 1.29 is 13.9 Å². The summed E-state index contributed by atoms with van der Waals surface area (Å²) in [6.45, 7) is 0.134. The van der Waals surface area contributed by atoms with Crippen molar-refractivity contribution in [2.45, 2.75) is 16.4 Å².